The first-order chi connectivity index (χ1) is 11.2. The molecule has 2 atom stereocenters. The van der Waals surface area contributed by atoms with Gasteiger partial charge in [-0.15, -0.1) is 0 Å². The Morgan fingerprint density at radius 2 is 0.792 bits per heavy atom. The lowest BCUT2D eigenvalue weighted by Gasteiger charge is -2.23. The van der Waals surface area contributed by atoms with E-state index >= 15 is 0 Å². The second-order valence-electron chi connectivity index (χ2n) is 6.46. The quantitative estimate of drug-likeness (QED) is 0.604. The van der Waals surface area contributed by atoms with E-state index in [-0.39, 0.29) is 11.8 Å². The molecule has 24 heavy (non-hydrogen) atoms. The summed E-state index contributed by atoms with van der Waals surface area (Å²) >= 11 is 0. The third kappa shape index (κ3) is 6.17. The van der Waals surface area contributed by atoms with E-state index in [1.807, 2.05) is 0 Å². The van der Waals surface area contributed by atoms with Crippen molar-refractivity contribution in [3.8, 4) is 0 Å². The number of carboxylic acids is 4. The SMILES string of the molecule is O=C(O)C1CCC(C(=O)O)CC1.O=C(O)C1CCCC(C(=O)O)C1. The Kier molecular flexibility index (Phi) is 7.67. The van der Waals surface area contributed by atoms with Gasteiger partial charge in [-0.05, 0) is 44.9 Å². The summed E-state index contributed by atoms with van der Waals surface area (Å²) in [5, 5.41) is 34.5. The lowest BCUT2D eigenvalue weighted by Crippen LogP contribution is -2.26. The lowest BCUT2D eigenvalue weighted by atomic mass is 9.81. The predicted molar refractivity (Wildman–Crippen MR) is 81.4 cm³/mol. The van der Waals surface area contributed by atoms with Gasteiger partial charge in [-0.2, -0.15) is 0 Å². The highest BCUT2D eigenvalue weighted by molar-refractivity contribution is 5.74. The third-order valence-corrected chi connectivity index (χ3v) is 4.80. The van der Waals surface area contributed by atoms with Crippen LogP contribution in [0, 0.1) is 23.7 Å². The van der Waals surface area contributed by atoms with Crippen LogP contribution in [0.3, 0.4) is 0 Å². The van der Waals surface area contributed by atoms with Crippen LogP contribution in [0.1, 0.15) is 51.4 Å². The van der Waals surface area contributed by atoms with Gasteiger partial charge in [-0.1, -0.05) is 6.42 Å². The molecule has 2 aliphatic rings. The molecule has 0 aromatic carbocycles. The van der Waals surface area contributed by atoms with E-state index in [0.717, 1.165) is 0 Å². The lowest BCUT2D eigenvalue weighted by molar-refractivity contribution is -0.148. The molecule has 0 amide bonds. The van der Waals surface area contributed by atoms with Crippen molar-refractivity contribution < 1.29 is 39.6 Å². The van der Waals surface area contributed by atoms with E-state index in [1.54, 1.807) is 0 Å². The molecule has 2 saturated carbocycles. The molecule has 2 rings (SSSR count). The molecule has 0 radical (unpaired) electrons. The van der Waals surface area contributed by atoms with Crippen molar-refractivity contribution in [3.63, 3.8) is 0 Å². The monoisotopic (exact) mass is 344 g/mol. The molecule has 0 bridgehead atoms. The van der Waals surface area contributed by atoms with Crippen LogP contribution < -0.4 is 0 Å². The molecule has 0 aromatic heterocycles. The maximum atomic E-state index is 10.5. The topological polar surface area (TPSA) is 149 Å². The summed E-state index contributed by atoms with van der Waals surface area (Å²) in [4.78, 5) is 42.0. The van der Waals surface area contributed by atoms with Crippen molar-refractivity contribution in [2.45, 2.75) is 51.4 Å². The van der Waals surface area contributed by atoms with Crippen molar-refractivity contribution in [2.75, 3.05) is 0 Å². The zero-order valence-electron chi connectivity index (χ0n) is 13.4. The van der Waals surface area contributed by atoms with E-state index in [4.69, 9.17) is 20.4 Å². The number of aliphatic carboxylic acids is 4. The summed E-state index contributed by atoms with van der Waals surface area (Å²) < 4.78 is 0. The van der Waals surface area contributed by atoms with Crippen LogP contribution in [0.4, 0.5) is 0 Å². The zero-order chi connectivity index (χ0) is 18.3. The van der Waals surface area contributed by atoms with Gasteiger partial charge in [0.05, 0.1) is 23.7 Å². The average molecular weight is 344 g/mol. The van der Waals surface area contributed by atoms with Gasteiger partial charge in [0, 0.05) is 0 Å². The Bertz CT molecular complexity index is 436. The standard InChI is InChI=1S/2C8H12O4/c9-7(10)5-1-2-6(4-3-5)8(11)12;9-7(10)5-2-1-3-6(4-5)8(11)12/h2*5-6H,1-4H2,(H,9,10)(H,11,12). The molecule has 8 heteroatoms. The third-order valence-electron chi connectivity index (χ3n) is 4.80. The van der Waals surface area contributed by atoms with E-state index in [1.165, 1.54) is 0 Å². The van der Waals surface area contributed by atoms with Crippen molar-refractivity contribution in [2.24, 2.45) is 23.7 Å². The summed E-state index contributed by atoms with van der Waals surface area (Å²) in [7, 11) is 0. The second kappa shape index (κ2) is 9.24. The smallest absolute Gasteiger partial charge is 0.306 e. The average Bonchev–Trinajstić information content (AvgIpc) is 2.55. The van der Waals surface area contributed by atoms with E-state index in [2.05, 4.69) is 0 Å². The van der Waals surface area contributed by atoms with E-state index in [0.29, 0.717) is 51.4 Å². The Morgan fingerprint density at radius 1 is 0.500 bits per heavy atom. The Balaban J connectivity index is 0.000000240. The summed E-state index contributed by atoms with van der Waals surface area (Å²) in [5.74, 6) is -4.83. The van der Waals surface area contributed by atoms with Crippen LogP contribution in [0.2, 0.25) is 0 Å². The first-order valence-corrected chi connectivity index (χ1v) is 8.13. The summed E-state index contributed by atoms with van der Waals surface area (Å²) in [5.41, 5.74) is 0. The van der Waals surface area contributed by atoms with E-state index in [9.17, 15) is 19.2 Å². The van der Waals surface area contributed by atoms with Crippen LogP contribution in [-0.2, 0) is 19.2 Å². The highest BCUT2D eigenvalue weighted by Crippen LogP contribution is 2.29. The number of hydrogen-bond donors (Lipinski definition) is 4. The fourth-order valence-corrected chi connectivity index (χ4v) is 3.23. The van der Waals surface area contributed by atoms with Crippen molar-refractivity contribution in [1.29, 1.82) is 0 Å². The van der Waals surface area contributed by atoms with Crippen LogP contribution >= 0.6 is 0 Å². The van der Waals surface area contributed by atoms with Gasteiger partial charge in [0.15, 0.2) is 0 Å². The van der Waals surface area contributed by atoms with Gasteiger partial charge < -0.3 is 20.4 Å². The van der Waals surface area contributed by atoms with Crippen LogP contribution in [0.5, 0.6) is 0 Å². The summed E-state index contributed by atoms with van der Waals surface area (Å²) in [6.45, 7) is 0. The first kappa shape index (κ1) is 19.9. The minimum absolute atomic E-state index is 0.296. The first-order valence-electron chi connectivity index (χ1n) is 8.13. The van der Waals surface area contributed by atoms with Gasteiger partial charge in [0.2, 0.25) is 0 Å². The predicted octanol–water partition coefficient (Wildman–Crippen LogP) is 1.92. The molecule has 0 spiro atoms. The van der Waals surface area contributed by atoms with Crippen LogP contribution in [0.15, 0.2) is 0 Å². The maximum absolute atomic E-state index is 10.5. The fraction of sp³-hybridized carbons (Fsp3) is 0.750. The zero-order valence-corrected chi connectivity index (χ0v) is 13.4. The number of carbonyl (C=O) groups is 4. The normalized spacial score (nSPS) is 29.7. The molecule has 2 fully saturated rings. The molecule has 8 nitrogen and oxygen atoms in total. The fourth-order valence-electron chi connectivity index (χ4n) is 3.23. The Morgan fingerprint density at radius 3 is 1.04 bits per heavy atom. The van der Waals surface area contributed by atoms with Gasteiger partial charge in [-0.25, -0.2) is 0 Å². The maximum Gasteiger partial charge on any atom is 0.306 e. The summed E-state index contributed by atoms with van der Waals surface area (Å²) in [6.07, 6.45) is 4.29. The second-order valence-corrected chi connectivity index (χ2v) is 6.46. The van der Waals surface area contributed by atoms with Crippen molar-refractivity contribution in [3.05, 3.63) is 0 Å². The molecule has 2 aliphatic carbocycles. The summed E-state index contributed by atoms with van der Waals surface area (Å²) in [6, 6.07) is 0. The largest absolute Gasteiger partial charge is 0.481 e. The molecule has 136 valence electrons. The molecule has 0 saturated heterocycles. The van der Waals surface area contributed by atoms with E-state index < -0.39 is 35.7 Å². The molecule has 0 aromatic rings. The molecule has 4 N–H and O–H groups in total. The molecular formula is C16H24O8. The highest BCUT2D eigenvalue weighted by atomic mass is 16.4. The highest BCUT2D eigenvalue weighted by Gasteiger charge is 2.31. The molecule has 0 aliphatic heterocycles. The number of hydrogen-bond acceptors (Lipinski definition) is 4. The molecular weight excluding hydrogens is 320 g/mol. The Labute approximate surface area is 139 Å². The minimum atomic E-state index is -0.860. The van der Waals surface area contributed by atoms with Gasteiger partial charge >= 0.3 is 23.9 Å². The number of carboxylic acid groups (broad SMARTS) is 4. The van der Waals surface area contributed by atoms with Crippen molar-refractivity contribution in [1.82, 2.24) is 0 Å². The van der Waals surface area contributed by atoms with Crippen molar-refractivity contribution >= 4 is 23.9 Å². The number of rotatable bonds is 4. The van der Waals surface area contributed by atoms with Crippen LogP contribution in [0.25, 0.3) is 0 Å². The molecule has 0 heterocycles. The Hall–Kier alpha value is -2.12. The van der Waals surface area contributed by atoms with Crippen LogP contribution in [-0.4, -0.2) is 44.3 Å². The van der Waals surface area contributed by atoms with Gasteiger partial charge in [-0.3, -0.25) is 19.2 Å². The van der Waals surface area contributed by atoms with Gasteiger partial charge in [0.25, 0.3) is 0 Å². The van der Waals surface area contributed by atoms with Gasteiger partial charge in [0.1, 0.15) is 0 Å². The minimum Gasteiger partial charge on any atom is -0.481 e. The molecule has 2 unspecified atom stereocenters.